The third-order valence-electron chi connectivity index (χ3n) is 3.21. The van der Waals surface area contributed by atoms with Crippen molar-refractivity contribution >= 4 is 5.97 Å². The predicted octanol–water partition coefficient (Wildman–Crippen LogP) is 1.41. The largest absolute Gasteiger partial charge is 0.499 e. The van der Waals surface area contributed by atoms with Crippen LogP contribution in [0.5, 0.6) is 0 Å². The van der Waals surface area contributed by atoms with E-state index in [9.17, 15) is 15.0 Å². The molecule has 20 heavy (non-hydrogen) atoms. The highest BCUT2D eigenvalue weighted by Gasteiger charge is 2.40. The first kappa shape index (κ1) is 16.8. The number of hydrogen-bond donors (Lipinski definition) is 3. The van der Waals surface area contributed by atoms with Gasteiger partial charge in [0.05, 0.1) is 13.2 Å². The van der Waals surface area contributed by atoms with Crippen molar-refractivity contribution in [1.29, 1.82) is 0 Å². The van der Waals surface area contributed by atoms with Gasteiger partial charge >= 0.3 is 5.97 Å². The smallest absolute Gasteiger partial charge is 0.378 e. The van der Waals surface area contributed by atoms with Crippen LogP contribution in [0.2, 0.25) is 0 Å². The minimum absolute atomic E-state index is 0.0786. The number of carbonyl (C=O) groups excluding carboxylic acids is 1. The molecule has 0 saturated carbocycles. The lowest BCUT2D eigenvalue weighted by atomic mass is 10.1. The third-order valence-corrected chi connectivity index (χ3v) is 3.21. The van der Waals surface area contributed by atoms with E-state index in [1.54, 1.807) is 0 Å². The van der Waals surface area contributed by atoms with Crippen LogP contribution in [0.3, 0.4) is 0 Å². The Kier molecular flexibility index (Phi) is 7.40. The molecule has 2 atom stereocenters. The minimum atomic E-state index is -1.29. The highest BCUT2D eigenvalue weighted by molar-refractivity contribution is 5.89. The zero-order valence-electron chi connectivity index (χ0n) is 11.9. The van der Waals surface area contributed by atoms with E-state index in [1.807, 2.05) is 0 Å². The summed E-state index contributed by atoms with van der Waals surface area (Å²) in [7, 11) is 0. The quantitative estimate of drug-likeness (QED) is 0.415. The lowest BCUT2D eigenvalue weighted by Crippen LogP contribution is -2.32. The number of cyclic esters (lactones) is 1. The first-order valence-corrected chi connectivity index (χ1v) is 7.17. The normalized spacial score (nSPS) is 20.1. The van der Waals surface area contributed by atoms with Crippen LogP contribution in [0, 0.1) is 0 Å². The van der Waals surface area contributed by atoms with E-state index in [2.05, 4.69) is 6.92 Å². The van der Waals surface area contributed by atoms with Crippen molar-refractivity contribution in [2.24, 2.45) is 0 Å². The van der Waals surface area contributed by atoms with E-state index in [1.165, 1.54) is 19.3 Å². The van der Waals surface area contributed by atoms with Crippen LogP contribution in [0.4, 0.5) is 0 Å². The number of aliphatic hydroxyl groups is 3. The van der Waals surface area contributed by atoms with Gasteiger partial charge in [-0.2, -0.15) is 0 Å². The Labute approximate surface area is 119 Å². The molecule has 6 heteroatoms. The zero-order chi connectivity index (χ0) is 15.0. The number of rotatable bonds is 10. The summed E-state index contributed by atoms with van der Waals surface area (Å²) in [5.74, 6) is -1.63. The molecule has 1 rings (SSSR count). The minimum Gasteiger partial charge on any atom is -0.499 e. The molecule has 116 valence electrons. The average Bonchev–Trinajstić information content (AvgIpc) is 2.73. The van der Waals surface area contributed by atoms with E-state index in [4.69, 9.17) is 14.6 Å². The number of hydrogen-bond acceptors (Lipinski definition) is 6. The molecule has 0 bridgehead atoms. The van der Waals surface area contributed by atoms with E-state index in [0.717, 1.165) is 19.3 Å². The summed E-state index contributed by atoms with van der Waals surface area (Å²) in [5.41, 5.74) is 0. The molecule has 6 nitrogen and oxygen atoms in total. The van der Waals surface area contributed by atoms with Gasteiger partial charge in [-0.1, -0.05) is 39.0 Å². The van der Waals surface area contributed by atoms with Crippen LogP contribution >= 0.6 is 0 Å². The maximum Gasteiger partial charge on any atom is 0.378 e. The molecule has 0 aromatic carbocycles. The van der Waals surface area contributed by atoms with Gasteiger partial charge in [0.1, 0.15) is 6.10 Å². The van der Waals surface area contributed by atoms with Crippen molar-refractivity contribution in [2.45, 2.75) is 57.7 Å². The second kappa shape index (κ2) is 8.81. The molecule has 0 spiro atoms. The number of unbranched alkanes of at least 4 members (excludes halogenated alkanes) is 5. The Morgan fingerprint density at radius 2 is 1.90 bits per heavy atom. The van der Waals surface area contributed by atoms with Crippen molar-refractivity contribution in [3.05, 3.63) is 11.5 Å². The van der Waals surface area contributed by atoms with Crippen molar-refractivity contribution < 1.29 is 29.6 Å². The highest BCUT2D eigenvalue weighted by Crippen LogP contribution is 2.25. The first-order chi connectivity index (χ1) is 9.61. The van der Waals surface area contributed by atoms with Gasteiger partial charge in [0.25, 0.3) is 0 Å². The summed E-state index contributed by atoms with van der Waals surface area (Å²) in [4.78, 5) is 11.2. The van der Waals surface area contributed by atoms with Gasteiger partial charge in [-0.15, -0.1) is 0 Å². The monoisotopic (exact) mass is 288 g/mol. The average molecular weight is 288 g/mol. The van der Waals surface area contributed by atoms with Gasteiger partial charge in [-0.3, -0.25) is 0 Å². The number of carbonyl (C=O) groups is 1. The molecule has 0 aromatic heterocycles. The highest BCUT2D eigenvalue weighted by atomic mass is 16.6. The molecular formula is C14H24O6. The van der Waals surface area contributed by atoms with E-state index in [-0.39, 0.29) is 5.76 Å². The fourth-order valence-electron chi connectivity index (χ4n) is 2.02. The lowest BCUT2D eigenvalue weighted by Gasteiger charge is -2.18. The van der Waals surface area contributed by atoms with Crippen LogP contribution in [0.1, 0.15) is 45.4 Å². The fraction of sp³-hybridized carbons (Fsp3) is 0.786. The topological polar surface area (TPSA) is 96.2 Å². The molecule has 0 amide bonds. The first-order valence-electron chi connectivity index (χ1n) is 7.17. The summed E-state index contributed by atoms with van der Waals surface area (Å²) in [6.45, 7) is 1.92. The van der Waals surface area contributed by atoms with Crippen LogP contribution in [-0.4, -0.2) is 46.7 Å². The number of ether oxygens (including phenoxy) is 2. The van der Waals surface area contributed by atoms with Gasteiger partial charge < -0.3 is 24.8 Å². The predicted molar refractivity (Wildman–Crippen MR) is 72.0 cm³/mol. The molecule has 3 N–H and O–H groups in total. The summed E-state index contributed by atoms with van der Waals surface area (Å²) >= 11 is 0. The Hall–Kier alpha value is -1.27. The summed E-state index contributed by atoms with van der Waals surface area (Å²) in [6.07, 6.45) is 4.14. The van der Waals surface area contributed by atoms with E-state index in [0.29, 0.717) is 6.61 Å². The van der Waals surface area contributed by atoms with Crippen LogP contribution < -0.4 is 0 Å². The maximum absolute atomic E-state index is 11.2. The van der Waals surface area contributed by atoms with Crippen LogP contribution in [-0.2, 0) is 14.3 Å². The molecule has 1 unspecified atom stereocenters. The molecular weight excluding hydrogens is 264 g/mol. The SMILES string of the molecule is CCCCCCCCOC1=C(O)C(=O)O[C@@H]1C(O)CO. The Balaban J connectivity index is 2.34. The second-order valence-electron chi connectivity index (χ2n) is 4.90. The third kappa shape index (κ3) is 4.68. The number of esters is 1. The number of aliphatic hydroxyl groups excluding tert-OH is 3. The van der Waals surface area contributed by atoms with Gasteiger partial charge in [0.2, 0.25) is 5.76 Å². The van der Waals surface area contributed by atoms with Gasteiger partial charge in [0.15, 0.2) is 11.9 Å². The summed E-state index contributed by atoms with van der Waals surface area (Å²) in [5, 5.41) is 27.9. The summed E-state index contributed by atoms with van der Waals surface area (Å²) < 4.78 is 10.1. The maximum atomic E-state index is 11.2. The fourth-order valence-corrected chi connectivity index (χ4v) is 2.02. The molecule has 0 aliphatic carbocycles. The Bertz CT molecular complexity index is 339. The molecule has 0 saturated heterocycles. The molecule has 1 aliphatic rings. The zero-order valence-corrected chi connectivity index (χ0v) is 11.9. The molecule has 1 aliphatic heterocycles. The molecule has 0 radical (unpaired) electrons. The second-order valence-corrected chi connectivity index (χ2v) is 4.90. The van der Waals surface area contributed by atoms with Gasteiger partial charge in [0, 0.05) is 0 Å². The van der Waals surface area contributed by atoms with Crippen molar-refractivity contribution in [2.75, 3.05) is 13.2 Å². The van der Waals surface area contributed by atoms with Crippen molar-refractivity contribution in [1.82, 2.24) is 0 Å². The lowest BCUT2D eigenvalue weighted by molar-refractivity contribution is -0.148. The Morgan fingerprint density at radius 1 is 1.25 bits per heavy atom. The summed E-state index contributed by atoms with van der Waals surface area (Å²) in [6, 6.07) is 0. The standard InChI is InChI=1S/C14H24O6/c1-2-3-4-5-6-7-8-19-13-11(17)14(18)20-12(13)10(16)9-15/h10,12,15-17H,2-9H2,1H3/t10?,12-/m1/s1. The van der Waals surface area contributed by atoms with Gasteiger partial charge in [-0.05, 0) is 6.42 Å². The van der Waals surface area contributed by atoms with Crippen molar-refractivity contribution in [3.8, 4) is 0 Å². The molecule has 1 heterocycles. The van der Waals surface area contributed by atoms with Crippen LogP contribution in [0.25, 0.3) is 0 Å². The Morgan fingerprint density at radius 3 is 2.55 bits per heavy atom. The molecule has 0 fully saturated rings. The van der Waals surface area contributed by atoms with E-state index >= 15 is 0 Å². The molecule has 0 aromatic rings. The van der Waals surface area contributed by atoms with Crippen molar-refractivity contribution in [3.63, 3.8) is 0 Å². The van der Waals surface area contributed by atoms with Gasteiger partial charge in [-0.25, -0.2) is 4.79 Å². The van der Waals surface area contributed by atoms with Crippen LogP contribution in [0.15, 0.2) is 11.5 Å². The van der Waals surface area contributed by atoms with E-state index < -0.39 is 30.5 Å².